The van der Waals surface area contributed by atoms with Gasteiger partial charge in [0.1, 0.15) is 18.1 Å². The second kappa shape index (κ2) is 9.05. The first kappa shape index (κ1) is 19.4. The SMILES string of the molecule is O=C(CCn1cnc2ccccc2c1=O)OCc1ccccc1Oc1ccccc1. The van der Waals surface area contributed by atoms with Crippen LogP contribution >= 0.6 is 0 Å². The lowest BCUT2D eigenvalue weighted by atomic mass is 10.2. The van der Waals surface area contributed by atoms with Gasteiger partial charge in [0.2, 0.25) is 0 Å². The van der Waals surface area contributed by atoms with Gasteiger partial charge in [-0.2, -0.15) is 0 Å². The van der Waals surface area contributed by atoms with E-state index in [9.17, 15) is 9.59 Å². The summed E-state index contributed by atoms with van der Waals surface area (Å²) in [6, 6.07) is 23.9. The molecule has 0 radical (unpaired) electrons. The monoisotopic (exact) mass is 400 g/mol. The standard InChI is InChI=1S/C24H20N2O4/c27-23(14-15-26-17-25-21-12-6-5-11-20(21)24(26)28)29-16-18-8-4-7-13-22(18)30-19-9-2-1-3-10-19/h1-13,17H,14-16H2. The number of aryl methyl sites for hydroxylation is 1. The van der Waals surface area contributed by atoms with E-state index in [1.165, 1.54) is 10.9 Å². The van der Waals surface area contributed by atoms with Crippen molar-refractivity contribution in [2.45, 2.75) is 19.6 Å². The van der Waals surface area contributed by atoms with Crippen molar-refractivity contribution in [3.05, 3.63) is 101 Å². The average Bonchev–Trinajstić information content (AvgIpc) is 2.79. The lowest BCUT2D eigenvalue weighted by molar-refractivity contribution is -0.145. The molecule has 6 heteroatoms. The van der Waals surface area contributed by atoms with Gasteiger partial charge in [0.15, 0.2) is 0 Å². The first-order valence-electron chi connectivity index (χ1n) is 9.61. The third kappa shape index (κ3) is 4.55. The smallest absolute Gasteiger partial charge is 0.307 e. The van der Waals surface area contributed by atoms with Gasteiger partial charge in [-0.05, 0) is 30.3 Å². The van der Waals surface area contributed by atoms with E-state index in [-0.39, 0.29) is 25.1 Å². The summed E-state index contributed by atoms with van der Waals surface area (Å²) >= 11 is 0. The second-order valence-corrected chi connectivity index (χ2v) is 6.69. The summed E-state index contributed by atoms with van der Waals surface area (Å²) in [6.07, 6.45) is 1.53. The molecule has 6 nitrogen and oxygen atoms in total. The van der Waals surface area contributed by atoms with Crippen LogP contribution in [0.1, 0.15) is 12.0 Å². The molecular formula is C24H20N2O4. The van der Waals surface area contributed by atoms with E-state index < -0.39 is 5.97 Å². The van der Waals surface area contributed by atoms with E-state index in [1.54, 1.807) is 18.2 Å². The molecule has 0 N–H and O–H groups in total. The highest BCUT2D eigenvalue weighted by Crippen LogP contribution is 2.25. The predicted octanol–water partition coefficient (Wildman–Crippen LogP) is 4.32. The summed E-state index contributed by atoms with van der Waals surface area (Å²) < 4.78 is 12.7. The van der Waals surface area contributed by atoms with Gasteiger partial charge in [-0.25, -0.2) is 4.98 Å². The maximum atomic E-state index is 12.5. The summed E-state index contributed by atoms with van der Waals surface area (Å²) in [5.74, 6) is 0.940. The Morgan fingerprint density at radius 1 is 0.900 bits per heavy atom. The molecule has 150 valence electrons. The number of ether oxygens (including phenoxy) is 2. The largest absolute Gasteiger partial charge is 0.461 e. The number of nitrogens with zero attached hydrogens (tertiary/aromatic N) is 2. The maximum absolute atomic E-state index is 12.5. The predicted molar refractivity (Wildman–Crippen MR) is 113 cm³/mol. The van der Waals surface area contributed by atoms with Crippen molar-refractivity contribution in [3.63, 3.8) is 0 Å². The molecule has 0 aliphatic carbocycles. The van der Waals surface area contributed by atoms with Crippen LogP contribution in [-0.4, -0.2) is 15.5 Å². The van der Waals surface area contributed by atoms with E-state index in [2.05, 4.69) is 4.98 Å². The van der Waals surface area contributed by atoms with Crippen LogP contribution in [0, 0.1) is 0 Å². The van der Waals surface area contributed by atoms with Crippen LogP contribution in [0.5, 0.6) is 11.5 Å². The van der Waals surface area contributed by atoms with Crippen molar-refractivity contribution in [2.24, 2.45) is 0 Å². The van der Waals surface area contributed by atoms with Crippen molar-refractivity contribution in [2.75, 3.05) is 0 Å². The zero-order valence-electron chi connectivity index (χ0n) is 16.2. The molecule has 0 aliphatic rings. The third-order valence-corrected chi connectivity index (χ3v) is 4.62. The summed E-state index contributed by atoms with van der Waals surface area (Å²) in [4.78, 5) is 29.0. The summed E-state index contributed by atoms with van der Waals surface area (Å²) in [5, 5.41) is 0.528. The number of para-hydroxylation sites is 3. The van der Waals surface area contributed by atoms with Crippen molar-refractivity contribution < 1.29 is 14.3 Å². The highest BCUT2D eigenvalue weighted by molar-refractivity contribution is 5.77. The van der Waals surface area contributed by atoms with Gasteiger partial charge in [0.05, 0.1) is 23.7 Å². The molecule has 0 fully saturated rings. The molecule has 0 bridgehead atoms. The van der Waals surface area contributed by atoms with Crippen LogP contribution < -0.4 is 10.3 Å². The maximum Gasteiger partial charge on any atom is 0.307 e. The zero-order chi connectivity index (χ0) is 20.8. The molecule has 1 aromatic heterocycles. The first-order valence-corrected chi connectivity index (χ1v) is 9.61. The quantitative estimate of drug-likeness (QED) is 0.432. The lowest BCUT2D eigenvalue weighted by Gasteiger charge is -2.12. The molecule has 4 aromatic rings. The van der Waals surface area contributed by atoms with Crippen LogP contribution in [0.3, 0.4) is 0 Å². The van der Waals surface area contributed by atoms with Crippen LogP contribution in [0.25, 0.3) is 10.9 Å². The Bertz CT molecular complexity index is 1220. The highest BCUT2D eigenvalue weighted by Gasteiger charge is 2.10. The summed E-state index contributed by atoms with van der Waals surface area (Å²) in [5.41, 5.74) is 1.23. The number of esters is 1. The minimum Gasteiger partial charge on any atom is -0.461 e. The number of carbonyl (C=O) groups excluding carboxylic acids is 1. The van der Waals surface area contributed by atoms with E-state index >= 15 is 0 Å². The van der Waals surface area contributed by atoms with Crippen LogP contribution in [0.15, 0.2) is 90.0 Å². The van der Waals surface area contributed by atoms with Crippen LogP contribution in [-0.2, 0) is 22.7 Å². The van der Waals surface area contributed by atoms with Gasteiger partial charge in [-0.3, -0.25) is 14.2 Å². The van der Waals surface area contributed by atoms with E-state index in [0.29, 0.717) is 22.4 Å². The van der Waals surface area contributed by atoms with Crippen molar-refractivity contribution in [3.8, 4) is 11.5 Å². The van der Waals surface area contributed by atoms with E-state index in [1.807, 2.05) is 60.7 Å². The molecule has 0 aliphatic heterocycles. The van der Waals surface area contributed by atoms with Gasteiger partial charge < -0.3 is 9.47 Å². The molecule has 30 heavy (non-hydrogen) atoms. The number of carbonyl (C=O) groups is 1. The normalized spacial score (nSPS) is 10.7. The van der Waals surface area contributed by atoms with Gasteiger partial charge >= 0.3 is 5.97 Å². The van der Waals surface area contributed by atoms with E-state index in [0.717, 1.165) is 5.56 Å². The van der Waals surface area contributed by atoms with Gasteiger partial charge in [-0.1, -0.05) is 48.5 Å². The van der Waals surface area contributed by atoms with Gasteiger partial charge in [0.25, 0.3) is 5.56 Å². The Balaban J connectivity index is 1.37. The zero-order valence-corrected chi connectivity index (χ0v) is 16.2. The number of rotatable bonds is 7. The minimum absolute atomic E-state index is 0.0711. The van der Waals surface area contributed by atoms with Crippen LogP contribution in [0.2, 0.25) is 0 Å². The summed E-state index contributed by atoms with van der Waals surface area (Å²) in [7, 11) is 0. The number of hydrogen-bond acceptors (Lipinski definition) is 5. The molecule has 0 amide bonds. The van der Waals surface area contributed by atoms with Crippen LogP contribution in [0.4, 0.5) is 0 Å². The number of fused-ring (bicyclic) bond motifs is 1. The fraction of sp³-hybridized carbons (Fsp3) is 0.125. The molecule has 0 spiro atoms. The molecule has 0 saturated heterocycles. The first-order chi connectivity index (χ1) is 14.7. The average molecular weight is 400 g/mol. The number of benzene rings is 3. The van der Waals surface area contributed by atoms with Crippen molar-refractivity contribution in [1.82, 2.24) is 9.55 Å². The Kier molecular flexibility index (Phi) is 5.85. The highest BCUT2D eigenvalue weighted by atomic mass is 16.5. The van der Waals surface area contributed by atoms with Gasteiger partial charge in [0, 0.05) is 12.1 Å². The minimum atomic E-state index is -0.399. The Morgan fingerprint density at radius 2 is 1.63 bits per heavy atom. The molecule has 3 aromatic carbocycles. The molecule has 0 unspecified atom stereocenters. The lowest BCUT2D eigenvalue weighted by Crippen LogP contribution is -2.22. The molecule has 0 saturated carbocycles. The van der Waals surface area contributed by atoms with Crippen molar-refractivity contribution in [1.29, 1.82) is 0 Å². The molecule has 0 atom stereocenters. The summed E-state index contributed by atoms with van der Waals surface area (Å²) in [6.45, 7) is 0.296. The third-order valence-electron chi connectivity index (χ3n) is 4.62. The number of aromatic nitrogens is 2. The molecular weight excluding hydrogens is 380 g/mol. The van der Waals surface area contributed by atoms with Gasteiger partial charge in [-0.15, -0.1) is 0 Å². The topological polar surface area (TPSA) is 70.4 Å². The Labute approximate surface area is 173 Å². The fourth-order valence-corrected chi connectivity index (χ4v) is 3.05. The second-order valence-electron chi connectivity index (χ2n) is 6.69. The number of hydrogen-bond donors (Lipinski definition) is 0. The Hall–Kier alpha value is -3.93. The Morgan fingerprint density at radius 3 is 2.50 bits per heavy atom. The fourth-order valence-electron chi connectivity index (χ4n) is 3.05. The molecule has 4 rings (SSSR count). The van der Waals surface area contributed by atoms with E-state index in [4.69, 9.17) is 9.47 Å². The van der Waals surface area contributed by atoms with Crippen molar-refractivity contribution >= 4 is 16.9 Å². The molecule has 1 heterocycles.